The van der Waals surface area contributed by atoms with E-state index in [1.807, 2.05) is 43.3 Å². The van der Waals surface area contributed by atoms with Crippen molar-refractivity contribution < 1.29 is 23.5 Å². The molecule has 2 aromatic heterocycles. The van der Waals surface area contributed by atoms with Crippen LogP contribution in [0.15, 0.2) is 62.4 Å². The van der Waals surface area contributed by atoms with Gasteiger partial charge in [-0.15, -0.1) is 0 Å². The van der Waals surface area contributed by atoms with Crippen LogP contribution in [0.1, 0.15) is 17.5 Å². The molecular weight excluding hydrogens is 410 g/mol. The first-order chi connectivity index (χ1) is 15.5. The second-order valence-electron chi connectivity index (χ2n) is 7.77. The summed E-state index contributed by atoms with van der Waals surface area (Å²) in [6.07, 6.45) is 1.29. The molecule has 1 atom stereocenters. The average molecular weight is 435 g/mol. The lowest BCUT2D eigenvalue weighted by atomic mass is 9.99. The zero-order valence-corrected chi connectivity index (χ0v) is 18.0. The van der Waals surface area contributed by atoms with Crippen LogP contribution in [-0.2, 0) is 16.0 Å². The maximum Gasteiger partial charge on any atom is 0.339 e. The van der Waals surface area contributed by atoms with Crippen LogP contribution in [0.2, 0.25) is 0 Å². The molecule has 0 aliphatic heterocycles. The standard InChI is InChI=1S/C25H25NO6/c1-15-18(8-9-24(28)26-12-17(27)13-30-2)25(29)32-23-11-22-20(10-19(15)23)21(14-31-22)16-6-4-3-5-7-16/h3-7,10-11,14,17,27H,8-9,12-13H2,1-2H3,(H,26,28)/t17-/m0/s1. The van der Waals surface area contributed by atoms with Crippen LogP contribution in [0, 0.1) is 6.92 Å². The maximum atomic E-state index is 12.6. The van der Waals surface area contributed by atoms with Crippen molar-refractivity contribution in [3.8, 4) is 11.1 Å². The third kappa shape index (κ3) is 4.44. The van der Waals surface area contributed by atoms with Gasteiger partial charge in [-0.3, -0.25) is 4.79 Å². The van der Waals surface area contributed by atoms with Gasteiger partial charge in [-0.05, 0) is 30.5 Å². The van der Waals surface area contributed by atoms with Gasteiger partial charge in [0.05, 0.1) is 19.0 Å². The fourth-order valence-electron chi connectivity index (χ4n) is 3.85. The highest BCUT2D eigenvalue weighted by molar-refractivity contribution is 6.02. The molecule has 0 aliphatic carbocycles. The van der Waals surface area contributed by atoms with Crippen molar-refractivity contribution in [1.29, 1.82) is 0 Å². The van der Waals surface area contributed by atoms with Gasteiger partial charge in [0.15, 0.2) is 0 Å². The van der Waals surface area contributed by atoms with E-state index in [2.05, 4.69) is 5.32 Å². The molecule has 0 saturated carbocycles. The number of carbonyl (C=O) groups is 1. The molecular formula is C25H25NO6. The van der Waals surface area contributed by atoms with E-state index in [1.54, 1.807) is 12.3 Å². The minimum atomic E-state index is -0.771. The molecule has 0 unspecified atom stereocenters. The van der Waals surface area contributed by atoms with Crippen molar-refractivity contribution in [1.82, 2.24) is 5.32 Å². The van der Waals surface area contributed by atoms with Crippen LogP contribution in [-0.4, -0.2) is 37.4 Å². The molecule has 32 heavy (non-hydrogen) atoms. The smallest absolute Gasteiger partial charge is 0.339 e. The van der Waals surface area contributed by atoms with Gasteiger partial charge in [-0.25, -0.2) is 4.79 Å². The lowest BCUT2D eigenvalue weighted by Gasteiger charge is -2.11. The third-order valence-electron chi connectivity index (χ3n) is 5.56. The van der Waals surface area contributed by atoms with Crippen molar-refractivity contribution in [2.24, 2.45) is 0 Å². The first kappa shape index (κ1) is 21.8. The van der Waals surface area contributed by atoms with Crippen LogP contribution in [0.5, 0.6) is 0 Å². The van der Waals surface area contributed by atoms with E-state index in [9.17, 15) is 14.7 Å². The van der Waals surface area contributed by atoms with Gasteiger partial charge in [0.2, 0.25) is 5.91 Å². The largest absolute Gasteiger partial charge is 0.464 e. The summed E-state index contributed by atoms with van der Waals surface area (Å²) in [5.41, 5.74) is 3.87. The molecule has 4 rings (SSSR count). The Kier molecular flexibility index (Phi) is 6.39. The molecule has 7 nitrogen and oxygen atoms in total. The third-order valence-corrected chi connectivity index (χ3v) is 5.56. The number of hydrogen-bond acceptors (Lipinski definition) is 6. The number of nitrogens with one attached hydrogen (secondary N) is 1. The van der Waals surface area contributed by atoms with Crippen LogP contribution in [0.3, 0.4) is 0 Å². The van der Waals surface area contributed by atoms with Crippen LogP contribution >= 0.6 is 0 Å². The number of aliphatic hydroxyl groups excluding tert-OH is 1. The zero-order chi connectivity index (χ0) is 22.7. The summed E-state index contributed by atoms with van der Waals surface area (Å²) in [6, 6.07) is 13.6. The highest BCUT2D eigenvalue weighted by atomic mass is 16.5. The maximum absolute atomic E-state index is 12.6. The normalized spacial score (nSPS) is 12.3. The molecule has 166 valence electrons. The van der Waals surface area contributed by atoms with Gasteiger partial charge in [0.1, 0.15) is 11.2 Å². The Labute approximate surface area is 184 Å². The zero-order valence-electron chi connectivity index (χ0n) is 18.0. The molecule has 0 radical (unpaired) electrons. The number of rotatable bonds is 8. The van der Waals surface area contributed by atoms with E-state index in [1.165, 1.54) is 7.11 Å². The van der Waals surface area contributed by atoms with Gasteiger partial charge in [0, 0.05) is 48.0 Å². The number of benzene rings is 2. The number of methoxy groups -OCH3 is 1. The van der Waals surface area contributed by atoms with Crippen LogP contribution in [0.25, 0.3) is 33.1 Å². The first-order valence-corrected chi connectivity index (χ1v) is 10.4. The van der Waals surface area contributed by atoms with Gasteiger partial charge < -0.3 is 24.0 Å². The number of aliphatic hydroxyl groups is 1. The number of ether oxygens (including phenoxy) is 1. The van der Waals surface area contributed by atoms with Crippen LogP contribution < -0.4 is 10.9 Å². The molecule has 7 heteroatoms. The fourth-order valence-corrected chi connectivity index (χ4v) is 3.85. The number of aryl methyl sites for hydroxylation is 1. The number of fused-ring (bicyclic) bond motifs is 2. The number of amides is 1. The number of carbonyl (C=O) groups excluding carboxylic acids is 1. The minimum absolute atomic E-state index is 0.0959. The van der Waals surface area contributed by atoms with Crippen molar-refractivity contribution in [2.75, 3.05) is 20.3 Å². The topological polar surface area (TPSA) is 102 Å². The second kappa shape index (κ2) is 9.38. The summed E-state index contributed by atoms with van der Waals surface area (Å²) >= 11 is 0. The predicted molar refractivity (Wildman–Crippen MR) is 122 cm³/mol. The van der Waals surface area contributed by atoms with E-state index in [0.29, 0.717) is 16.7 Å². The molecule has 0 aliphatic rings. The fraction of sp³-hybridized carbons (Fsp3) is 0.280. The molecule has 0 fully saturated rings. The van der Waals surface area contributed by atoms with E-state index >= 15 is 0 Å². The molecule has 2 aromatic carbocycles. The Balaban J connectivity index is 1.62. The number of furan rings is 1. The van der Waals surface area contributed by atoms with Crippen molar-refractivity contribution >= 4 is 27.8 Å². The summed E-state index contributed by atoms with van der Waals surface area (Å²) in [5.74, 6) is -0.254. The van der Waals surface area contributed by atoms with Crippen molar-refractivity contribution in [2.45, 2.75) is 25.9 Å². The minimum Gasteiger partial charge on any atom is -0.464 e. The Morgan fingerprint density at radius 2 is 1.94 bits per heavy atom. The average Bonchev–Trinajstić information content (AvgIpc) is 3.20. The Morgan fingerprint density at radius 3 is 2.69 bits per heavy atom. The van der Waals surface area contributed by atoms with Crippen molar-refractivity contribution in [3.63, 3.8) is 0 Å². The molecule has 4 aromatic rings. The Bertz CT molecular complexity index is 1310. The van der Waals surface area contributed by atoms with E-state index in [-0.39, 0.29) is 31.9 Å². The molecule has 0 saturated heterocycles. The summed E-state index contributed by atoms with van der Waals surface area (Å²) in [4.78, 5) is 24.7. The van der Waals surface area contributed by atoms with Gasteiger partial charge in [-0.2, -0.15) is 0 Å². The Hall–Kier alpha value is -3.42. The molecule has 2 N–H and O–H groups in total. The van der Waals surface area contributed by atoms with E-state index < -0.39 is 11.7 Å². The quantitative estimate of drug-likeness (QED) is 0.410. The number of hydrogen-bond donors (Lipinski definition) is 2. The predicted octanol–water partition coefficient (Wildman–Crippen LogP) is 3.57. The Morgan fingerprint density at radius 1 is 1.16 bits per heavy atom. The first-order valence-electron chi connectivity index (χ1n) is 10.4. The van der Waals surface area contributed by atoms with Gasteiger partial charge in [-0.1, -0.05) is 30.3 Å². The summed E-state index contributed by atoms with van der Waals surface area (Å²) in [5, 5.41) is 14.0. The summed E-state index contributed by atoms with van der Waals surface area (Å²) in [6.45, 7) is 2.10. The lowest BCUT2D eigenvalue weighted by molar-refractivity contribution is -0.121. The summed E-state index contributed by atoms with van der Waals surface area (Å²) in [7, 11) is 1.48. The van der Waals surface area contributed by atoms with Crippen molar-refractivity contribution in [3.05, 3.63) is 70.3 Å². The molecule has 0 bridgehead atoms. The lowest BCUT2D eigenvalue weighted by Crippen LogP contribution is -2.34. The van der Waals surface area contributed by atoms with Gasteiger partial charge in [0.25, 0.3) is 0 Å². The molecule has 0 spiro atoms. The monoisotopic (exact) mass is 435 g/mol. The highest BCUT2D eigenvalue weighted by Crippen LogP contribution is 2.34. The highest BCUT2D eigenvalue weighted by Gasteiger charge is 2.17. The van der Waals surface area contributed by atoms with E-state index in [4.69, 9.17) is 13.6 Å². The van der Waals surface area contributed by atoms with E-state index in [0.717, 1.165) is 27.5 Å². The SMILES string of the molecule is COC[C@@H](O)CNC(=O)CCc1c(C)c2cc3c(-c4ccccc4)coc3cc2oc1=O. The summed E-state index contributed by atoms with van der Waals surface area (Å²) < 4.78 is 16.1. The second-order valence-corrected chi connectivity index (χ2v) is 7.77. The van der Waals surface area contributed by atoms with Crippen LogP contribution in [0.4, 0.5) is 0 Å². The molecule has 2 heterocycles. The molecule has 1 amide bonds. The van der Waals surface area contributed by atoms with Gasteiger partial charge >= 0.3 is 5.63 Å².